The third-order valence-corrected chi connectivity index (χ3v) is 4.19. The van der Waals surface area contributed by atoms with Gasteiger partial charge in [-0.15, -0.1) is 0 Å². The summed E-state index contributed by atoms with van der Waals surface area (Å²) in [6, 6.07) is 4.79. The SMILES string of the molecule is CCn1cc(C(O)CNC(=O)NC2COc3c(Cl)cccc32)cn1. The normalized spacial score (nSPS) is 17.0. The number of halogens is 1. The number of nitrogens with one attached hydrogen (secondary N) is 2. The molecule has 7 nitrogen and oxygen atoms in total. The second kappa shape index (κ2) is 7.11. The predicted octanol–water partition coefficient (Wildman–Crippen LogP) is 2.02. The summed E-state index contributed by atoms with van der Waals surface area (Å²) in [4.78, 5) is 12.0. The average Bonchev–Trinajstić information content (AvgIpc) is 3.21. The van der Waals surface area contributed by atoms with Crippen molar-refractivity contribution < 1.29 is 14.6 Å². The molecule has 0 radical (unpaired) electrons. The van der Waals surface area contributed by atoms with E-state index in [9.17, 15) is 9.90 Å². The highest BCUT2D eigenvalue weighted by molar-refractivity contribution is 6.32. The molecule has 0 bridgehead atoms. The van der Waals surface area contributed by atoms with Gasteiger partial charge in [0, 0.05) is 30.4 Å². The lowest BCUT2D eigenvalue weighted by molar-refractivity contribution is 0.172. The Bertz CT molecular complexity index is 734. The fourth-order valence-corrected chi connectivity index (χ4v) is 2.81. The number of aromatic nitrogens is 2. The maximum absolute atomic E-state index is 12.0. The van der Waals surface area contributed by atoms with Crippen molar-refractivity contribution in [2.24, 2.45) is 0 Å². The molecule has 2 amide bonds. The van der Waals surface area contributed by atoms with Gasteiger partial charge in [-0.1, -0.05) is 23.7 Å². The minimum absolute atomic E-state index is 0.0945. The molecular formula is C16H19ClN4O3. The van der Waals surface area contributed by atoms with Crippen molar-refractivity contribution in [1.82, 2.24) is 20.4 Å². The van der Waals surface area contributed by atoms with E-state index in [-0.39, 0.29) is 18.6 Å². The van der Waals surface area contributed by atoms with Crippen LogP contribution in [0.15, 0.2) is 30.6 Å². The highest BCUT2D eigenvalue weighted by Gasteiger charge is 2.27. The number of hydrogen-bond acceptors (Lipinski definition) is 4. The maximum Gasteiger partial charge on any atom is 0.315 e. The lowest BCUT2D eigenvalue weighted by Gasteiger charge is -2.14. The molecule has 2 atom stereocenters. The third kappa shape index (κ3) is 3.47. The Labute approximate surface area is 144 Å². The number of fused-ring (bicyclic) bond motifs is 1. The zero-order valence-corrected chi connectivity index (χ0v) is 14.0. The van der Waals surface area contributed by atoms with Crippen LogP contribution in [-0.2, 0) is 6.54 Å². The van der Waals surface area contributed by atoms with Gasteiger partial charge in [0.15, 0.2) is 0 Å². The summed E-state index contributed by atoms with van der Waals surface area (Å²) >= 11 is 6.06. The Hall–Kier alpha value is -2.25. The van der Waals surface area contributed by atoms with Crippen LogP contribution in [0.3, 0.4) is 0 Å². The largest absolute Gasteiger partial charge is 0.489 e. The van der Waals surface area contributed by atoms with E-state index in [1.54, 1.807) is 23.1 Å². The van der Waals surface area contributed by atoms with E-state index >= 15 is 0 Å². The van der Waals surface area contributed by atoms with Crippen LogP contribution in [0.5, 0.6) is 5.75 Å². The molecule has 128 valence electrons. The molecule has 24 heavy (non-hydrogen) atoms. The highest BCUT2D eigenvalue weighted by Crippen LogP contribution is 2.37. The number of hydrogen-bond donors (Lipinski definition) is 3. The third-order valence-electron chi connectivity index (χ3n) is 3.89. The fraction of sp³-hybridized carbons (Fsp3) is 0.375. The highest BCUT2D eigenvalue weighted by atomic mass is 35.5. The number of amides is 2. The summed E-state index contributed by atoms with van der Waals surface area (Å²) < 4.78 is 7.24. The standard InChI is InChI=1S/C16H19ClN4O3/c1-2-21-8-10(6-19-21)14(22)7-18-16(23)20-13-9-24-15-11(13)4-3-5-12(15)17/h3-6,8,13-14,22H,2,7,9H2,1H3,(H2,18,20,23). The molecule has 1 aliphatic heterocycles. The number of carbonyl (C=O) groups is 1. The smallest absolute Gasteiger partial charge is 0.315 e. The Morgan fingerprint density at radius 2 is 2.42 bits per heavy atom. The van der Waals surface area contributed by atoms with Gasteiger partial charge in [-0.3, -0.25) is 4.68 Å². The summed E-state index contributed by atoms with van der Waals surface area (Å²) in [5.74, 6) is 0.608. The Morgan fingerprint density at radius 1 is 1.58 bits per heavy atom. The summed E-state index contributed by atoms with van der Waals surface area (Å²) in [7, 11) is 0. The summed E-state index contributed by atoms with van der Waals surface area (Å²) in [5.41, 5.74) is 1.51. The molecule has 1 aromatic heterocycles. The van der Waals surface area contributed by atoms with Crippen LogP contribution in [0.1, 0.15) is 30.2 Å². The first-order chi connectivity index (χ1) is 11.6. The molecule has 1 aromatic carbocycles. The van der Waals surface area contributed by atoms with Crippen LogP contribution < -0.4 is 15.4 Å². The second-order valence-corrected chi connectivity index (χ2v) is 5.93. The molecule has 2 unspecified atom stereocenters. The Kier molecular flexibility index (Phi) is 4.92. The molecule has 2 heterocycles. The number of urea groups is 1. The molecule has 0 saturated carbocycles. The molecule has 0 saturated heterocycles. The predicted molar refractivity (Wildman–Crippen MR) is 89.1 cm³/mol. The van der Waals surface area contributed by atoms with Crippen molar-refractivity contribution in [3.05, 3.63) is 46.7 Å². The van der Waals surface area contributed by atoms with Gasteiger partial charge >= 0.3 is 6.03 Å². The Balaban J connectivity index is 1.53. The Morgan fingerprint density at radius 3 is 3.17 bits per heavy atom. The minimum Gasteiger partial charge on any atom is -0.489 e. The molecule has 3 N–H and O–H groups in total. The lowest BCUT2D eigenvalue weighted by Crippen LogP contribution is -2.40. The first kappa shape index (κ1) is 16.6. The van der Waals surface area contributed by atoms with Crippen molar-refractivity contribution in [1.29, 1.82) is 0 Å². The number of aryl methyl sites for hydroxylation is 1. The summed E-state index contributed by atoms with van der Waals surface area (Å²) in [6.07, 6.45) is 2.54. The van der Waals surface area contributed by atoms with E-state index in [4.69, 9.17) is 16.3 Å². The van der Waals surface area contributed by atoms with Gasteiger partial charge in [0.1, 0.15) is 12.4 Å². The van der Waals surface area contributed by atoms with Gasteiger partial charge in [-0.2, -0.15) is 5.10 Å². The molecule has 0 aliphatic carbocycles. The zero-order chi connectivity index (χ0) is 17.1. The maximum atomic E-state index is 12.0. The summed E-state index contributed by atoms with van der Waals surface area (Å²) in [6.45, 7) is 3.11. The first-order valence-corrected chi connectivity index (χ1v) is 8.12. The topological polar surface area (TPSA) is 88.4 Å². The quantitative estimate of drug-likeness (QED) is 0.769. The van der Waals surface area contributed by atoms with Gasteiger partial charge in [-0.25, -0.2) is 4.79 Å². The molecule has 1 aliphatic rings. The molecule has 0 fully saturated rings. The second-order valence-electron chi connectivity index (χ2n) is 5.52. The van der Waals surface area contributed by atoms with E-state index in [2.05, 4.69) is 15.7 Å². The van der Waals surface area contributed by atoms with Crippen molar-refractivity contribution in [2.75, 3.05) is 13.2 Å². The zero-order valence-electron chi connectivity index (χ0n) is 13.2. The van der Waals surface area contributed by atoms with Crippen LogP contribution in [-0.4, -0.2) is 34.1 Å². The van der Waals surface area contributed by atoms with Crippen molar-refractivity contribution in [2.45, 2.75) is 25.6 Å². The van der Waals surface area contributed by atoms with E-state index in [0.29, 0.717) is 22.9 Å². The molecule has 2 aromatic rings. The summed E-state index contributed by atoms with van der Waals surface area (Å²) in [5, 5.41) is 20.2. The fourth-order valence-electron chi connectivity index (χ4n) is 2.57. The van der Waals surface area contributed by atoms with Crippen LogP contribution >= 0.6 is 11.6 Å². The van der Waals surface area contributed by atoms with Crippen molar-refractivity contribution in [3.63, 3.8) is 0 Å². The molecular weight excluding hydrogens is 332 g/mol. The number of ether oxygens (including phenoxy) is 1. The monoisotopic (exact) mass is 350 g/mol. The number of aliphatic hydroxyl groups is 1. The number of rotatable bonds is 5. The number of benzene rings is 1. The molecule has 0 spiro atoms. The van der Waals surface area contributed by atoms with Crippen molar-refractivity contribution >= 4 is 17.6 Å². The number of para-hydroxylation sites is 1. The molecule has 3 rings (SSSR count). The number of carbonyl (C=O) groups excluding carboxylic acids is 1. The van der Waals surface area contributed by atoms with Gasteiger partial charge in [-0.05, 0) is 13.0 Å². The van der Waals surface area contributed by atoms with Crippen LogP contribution in [0.2, 0.25) is 5.02 Å². The van der Waals surface area contributed by atoms with Gasteiger partial charge in [0.25, 0.3) is 0 Å². The first-order valence-electron chi connectivity index (χ1n) is 7.74. The minimum atomic E-state index is -0.808. The van der Waals surface area contributed by atoms with Crippen LogP contribution in [0.4, 0.5) is 4.79 Å². The molecule has 8 heteroatoms. The number of nitrogens with zero attached hydrogens (tertiary/aromatic N) is 2. The van der Waals surface area contributed by atoms with E-state index in [1.807, 2.05) is 19.1 Å². The number of aliphatic hydroxyl groups excluding tert-OH is 1. The lowest BCUT2D eigenvalue weighted by atomic mass is 10.1. The van der Waals surface area contributed by atoms with Gasteiger partial charge in [0.05, 0.1) is 23.4 Å². The van der Waals surface area contributed by atoms with E-state index < -0.39 is 6.10 Å². The average molecular weight is 351 g/mol. The van der Waals surface area contributed by atoms with Crippen LogP contribution in [0, 0.1) is 0 Å². The van der Waals surface area contributed by atoms with Crippen LogP contribution in [0.25, 0.3) is 0 Å². The van der Waals surface area contributed by atoms with E-state index in [0.717, 1.165) is 12.1 Å². The van der Waals surface area contributed by atoms with E-state index in [1.165, 1.54) is 0 Å². The van der Waals surface area contributed by atoms with Crippen molar-refractivity contribution in [3.8, 4) is 5.75 Å². The van der Waals surface area contributed by atoms with Gasteiger partial charge in [0.2, 0.25) is 0 Å². The van der Waals surface area contributed by atoms with Gasteiger partial charge < -0.3 is 20.5 Å².